The molecule has 1 aliphatic carbocycles. The van der Waals surface area contributed by atoms with E-state index in [4.69, 9.17) is 65.0 Å². The van der Waals surface area contributed by atoms with Crippen molar-refractivity contribution >= 4 is 69.8 Å². The van der Waals surface area contributed by atoms with Crippen LogP contribution >= 0.6 is 46.4 Å². The van der Waals surface area contributed by atoms with Gasteiger partial charge in [0.15, 0.2) is 5.78 Å². The van der Waals surface area contributed by atoms with Gasteiger partial charge in [0, 0.05) is 35.5 Å². The molecule has 318 valence electrons. The monoisotopic (exact) mass is 906 g/mol. The molecule has 2 heterocycles. The van der Waals surface area contributed by atoms with Crippen molar-refractivity contribution < 1.29 is 28.5 Å². The molecule has 1 aliphatic heterocycles. The van der Waals surface area contributed by atoms with Crippen molar-refractivity contribution in [1.82, 2.24) is 0 Å². The second-order valence-corrected chi connectivity index (χ2v) is 17.7. The van der Waals surface area contributed by atoms with Gasteiger partial charge in [-0.15, -0.1) is 0 Å². The highest BCUT2D eigenvalue weighted by atomic mass is 35.5. The number of rotatable bonds is 16. The Balaban J connectivity index is 1.27. The minimum atomic E-state index is -0.384. The van der Waals surface area contributed by atoms with E-state index in [0.717, 1.165) is 35.1 Å². The molecular formula is C52H46Cl4O6. The minimum Gasteiger partial charge on any atom is -0.871 e. The van der Waals surface area contributed by atoms with Crippen LogP contribution in [0.4, 0.5) is 0 Å². The van der Waals surface area contributed by atoms with Crippen LogP contribution in [0.15, 0.2) is 142 Å². The summed E-state index contributed by atoms with van der Waals surface area (Å²) in [4.78, 5) is 14.0. The fourth-order valence-electron chi connectivity index (χ4n) is 6.86. The van der Waals surface area contributed by atoms with Crippen molar-refractivity contribution in [2.45, 2.75) is 53.8 Å². The minimum absolute atomic E-state index is 0.0493. The zero-order valence-corrected chi connectivity index (χ0v) is 37.9. The molecule has 4 aromatic carbocycles. The van der Waals surface area contributed by atoms with Crippen LogP contribution in [-0.4, -0.2) is 19.0 Å². The summed E-state index contributed by atoms with van der Waals surface area (Å²) in [6.07, 6.45) is 8.69. The van der Waals surface area contributed by atoms with Crippen LogP contribution in [0.5, 0.6) is 0 Å². The van der Waals surface area contributed by atoms with E-state index in [1.165, 1.54) is 0 Å². The molecule has 1 aromatic heterocycles. The van der Waals surface area contributed by atoms with E-state index in [1.54, 1.807) is 60.7 Å². The largest absolute Gasteiger partial charge is 0.871 e. The molecule has 7 rings (SSSR count). The average Bonchev–Trinajstić information content (AvgIpc) is 3.26. The molecule has 0 amide bonds. The first-order valence-electron chi connectivity index (χ1n) is 20.6. The highest BCUT2D eigenvalue weighted by Crippen LogP contribution is 2.39. The van der Waals surface area contributed by atoms with Crippen LogP contribution in [0.3, 0.4) is 0 Å². The Kier molecular flexibility index (Phi) is 14.9. The Morgan fingerprint density at radius 2 is 1.19 bits per heavy atom. The van der Waals surface area contributed by atoms with Crippen molar-refractivity contribution in [3.63, 3.8) is 0 Å². The Bertz CT molecular complexity index is 2650. The second kappa shape index (κ2) is 20.5. The van der Waals surface area contributed by atoms with Crippen LogP contribution in [0, 0.1) is 11.8 Å². The maximum Gasteiger partial charge on any atom is 0.361 e. The van der Waals surface area contributed by atoms with E-state index in [-0.39, 0.29) is 22.7 Å². The van der Waals surface area contributed by atoms with E-state index in [2.05, 4.69) is 27.7 Å². The van der Waals surface area contributed by atoms with Gasteiger partial charge < -0.3 is 19.3 Å². The first kappa shape index (κ1) is 45.1. The smallest absolute Gasteiger partial charge is 0.361 e. The van der Waals surface area contributed by atoms with Crippen molar-refractivity contribution in [2.24, 2.45) is 11.8 Å². The lowest BCUT2D eigenvalue weighted by molar-refractivity contribution is -0.300. The normalized spacial score (nSPS) is 15.4. The molecule has 0 N–H and O–H groups in total. The van der Waals surface area contributed by atoms with Crippen LogP contribution in [0.25, 0.3) is 40.2 Å². The van der Waals surface area contributed by atoms with Crippen molar-refractivity contribution in [2.75, 3.05) is 13.2 Å². The number of benzene rings is 4. The van der Waals surface area contributed by atoms with Crippen molar-refractivity contribution in [1.29, 1.82) is 0 Å². The molecule has 0 atom stereocenters. The van der Waals surface area contributed by atoms with Gasteiger partial charge in [-0.2, -0.15) is 0 Å². The van der Waals surface area contributed by atoms with Gasteiger partial charge >= 0.3 is 11.5 Å². The highest BCUT2D eigenvalue weighted by molar-refractivity contribution is 6.42. The first-order valence-corrected chi connectivity index (χ1v) is 22.1. The quantitative estimate of drug-likeness (QED) is 0.0557. The van der Waals surface area contributed by atoms with E-state index < -0.39 is 0 Å². The fraction of sp³-hybridized carbons (Fsp3) is 0.231. The Hall–Kier alpha value is -4.92. The third kappa shape index (κ3) is 11.0. The summed E-state index contributed by atoms with van der Waals surface area (Å²) in [5.74, 6) is 2.27. The third-order valence-electron chi connectivity index (χ3n) is 10.4. The zero-order valence-electron chi connectivity index (χ0n) is 34.9. The third-order valence-corrected chi connectivity index (χ3v) is 11.9. The number of ether oxygens (including phenoxy) is 3. The molecule has 5 aromatic rings. The van der Waals surface area contributed by atoms with Gasteiger partial charge in [-0.25, -0.2) is 4.42 Å². The summed E-state index contributed by atoms with van der Waals surface area (Å²) in [5, 5.41) is 15.5. The SMILES string of the molecule is CC(C)CCOCc1ccccc1C1=CC(=CC2=C([O-])C(=Cc3cc(-c4ccc(Cl)c(Cl)c4)[o+]c(-c4ccccc4COCCC(C)C)c3)C2=O)C=C(c2ccc(Cl)c(Cl)c2)O1. The van der Waals surface area contributed by atoms with E-state index in [0.29, 0.717) is 104 Å². The predicted octanol–water partition coefficient (Wildman–Crippen LogP) is 14.3. The number of halogens is 4. The number of allylic oxidation sites excluding steroid dienone is 6. The van der Waals surface area contributed by atoms with E-state index >= 15 is 0 Å². The molecule has 0 fully saturated rings. The van der Waals surface area contributed by atoms with E-state index in [1.807, 2.05) is 60.7 Å². The molecule has 0 unspecified atom stereocenters. The summed E-state index contributed by atoms with van der Waals surface area (Å²) in [6, 6.07) is 29.7. The maximum atomic E-state index is 14.0. The lowest BCUT2D eigenvalue weighted by atomic mass is 9.85. The van der Waals surface area contributed by atoms with Gasteiger partial charge in [0.25, 0.3) is 0 Å². The van der Waals surface area contributed by atoms with Crippen molar-refractivity contribution in [3.05, 3.63) is 186 Å². The van der Waals surface area contributed by atoms with Gasteiger partial charge in [-0.05, 0) is 114 Å². The molecule has 10 heteroatoms. The summed E-state index contributed by atoms with van der Waals surface area (Å²) >= 11 is 25.4. The number of hydrogen-bond acceptors (Lipinski definition) is 5. The Morgan fingerprint density at radius 1 is 0.645 bits per heavy atom. The lowest BCUT2D eigenvalue weighted by Gasteiger charge is -2.29. The number of Topliss-reactive ketones (excluding diaryl/α,β-unsaturated/α-hetero) is 1. The molecule has 0 radical (unpaired) electrons. The summed E-state index contributed by atoms with van der Waals surface area (Å²) in [6.45, 7) is 10.7. The van der Waals surface area contributed by atoms with Gasteiger partial charge in [0.1, 0.15) is 11.5 Å². The number of hydrogen-bond donors (Lipinski definition) is 0. The standard InChI is InChI=1S/C52H46Cl4O6/c1-31(2)17-19-59-29-37-9-5-7-11-39(37)49-25-33(23-47(61-49)35-13-15-43(53)45(55)27-35)21-41-51(57)42(52(41)58)22-34-24-48(36-14-16-44(54)46(56)28-36)62-50(26-34)40-12-8-6-10-38(40)30-60-20-18-32(3)4/h5-16,21-28,31-32H,17-20,29-30H2,1-4H3. The molecule has 6 nitrogen and oxygen atoms in total. The van der Waals surface area contributed by atoms with Crippen molar-refractivity contribution in [3.8, 4) is 22.6 Å². The van der Waals surface area contributed by atoms with E-state index in [9.17, 15) is 9.90 Å². The topological polar surface area (TPSA) is 79.1 Å². The van der Waals surface area contributed by atoms with Crippen LogP contribution in [0.2, 0.25) is 20.1 Å². The molecule has 0 saturated carbocycles. The molecule has 0 spiro atoms. The maximum absolute atomic E-state index is 14.0. The van der Waals surface area contributed by atoms with Gasteiger partial charge in [-0.3, -0.25) is 4.79 Å². The highest BCUT2D eigenvalue weighted by Gasteiger charge is 2.29. The molecule has 0 saturated heterocycles. The summed E-state index contributed by atoms with van der Waals surface area (Å²) < 4.78 is 25.1. The summed E-state index contributed by atoms with van der Waals surface area (Å²) in [7, 11) is 0. The molecule has 62 heavy (non-hydrogen) atoms. The first-order chi connectivity index (χ1) is 29.8. The second-order valence-electron chi connectivity index (χ2n) is 16.1. The average molecular weight is 909 g/mol. The lowest BCUT2D eigenvalue weighted by Crippen LogP contribution is -2.29. The zero-order chi connectivity index (χ0) is 43.9. The molecule has 2 aliphatic rings. The van der Waals surface area contributed by atoms with Crippen LogP contribution in [0.1, 0.15) is 68.4 Å². The van der Waals surface area contributed by atoms with Crippen LogP contribution < -0.4 is 5.11 Å². The Labute approximate surface area is 383 Å². The number of ketones is 1. The number of carbonyl (C=O) groups excluding carboxylic acids is 1. The molecule has 0 bridgehead atoms. The fourth-order valence-corrected chi connectivity index (χ4v) is 7.46. The Morgan fingerprint density at radius 3 is 1.81 bits per heavy atom. The van der Waals surface area contributed by atoms with Crippen LogP contribution in [-0.2, 0) is 32.2 Å². The van der Waals surface area contributed by atoms with Gasteiger partial charge in [0.05, 0.1) is 56.6 Å². The predicted molar refractivity (Wildman–Crippen MR) is 250 cm³/mol. The summed E-state index contributed by atoms with van der Waals surface area (Å²) in [5.41, 5.74) is 6.12. The van der Waals surface area contributed by atoms with Gasteiger partial charge in [0.2, 0.25) is 0 Å². The molecular weight excluding hydrogens is 862 g/mol. The number of carbonyl (C=O) groups is 1. The van der Waals surface area contributed by atoms with Gasteiger partial charge in [-0.1, -0.05) is 122 Å².